The molecule has 0 spiro atoms. The molecule has 0 aliphatic carbocycles. The number of alkyl carbamates (subject to hydrolysis) is 2. The minimum Gasteiger partial charge on any atom is -0.453 e. The second-order valence-electron chi connectivity index (χ2n) is 10.5. The van der Waals surface area contributed by atoms with Gasteiger partial charge in [-0.05, 0) is 48.9 Å². The van der Waals surface area contributed by atoms with Crippen LogP contribution in [0, 0.1) is 11.8 Å². The predicted molar refractivity (Wildman–Crippen MR) is 150 cm³/mol. The fraction of sp³-hybridized carbons (Fsp3) is 0.533. The lowest BCUT2D eigenvalue weighted by Gasteiger charge is -2.37. The average Bonchev–Trinajstić information content (AvgIpc) is 2.93. The van der Waals surface area contributed by atoms with Gasteiger partial charge in [0, 0.05) is 38.3 Å². The van der Waals surface area contributed by atoms with E-state index in [1.54, 1.807) is 0 Å². The van der Waals surface area contributed by atoms with Gasteiger partial charge < -0.3 is 20.1 Å². The second-order valence-corrected chi connectivity index (χ2v) is 10.5. The highest BCUT2D eigenvalue weighted by molar-refractivity contribution is 5.67. The van der Waals surface area contributed by atoms with Crippen LogP contribution in [0.25, 0.3) is 0 Å². The van der Waals surface area contributed by atoms with Crippen molar-refractivity contribution in [2.75, 3.05) is 40.4 Å². The Labute approximate surface area is 227 Å². The van der Waals surface area contributed by atoms with E-state index in [0.29, 0.717) is 11.8 Å². The summed E-state index contributed by atoms with van der Waals surface area (Å²) in [7, 11) is 2.81. The number of nitrogens with zero attached hydrogens (tertiary/aromatic N) is 2. The van der Waals surface area contributed by atoms with Crippen molar-refractivity contribution in [3.8, 4) is 0 Å². The Morgan fingerprint density at radius 2 is 1.08 bits per heavy atom. The zero-order valence-corrected chi connectivity index (χ0v) is 23.3. The van der Waals surface area contributed by atoms with Gasteiger partial charge in [0.1, 0.15) is 0 Å². The maximum absolute atomic E-state index is 11.3. The van der Waals surface area contributed by atoms with Crippen molar-refractivity contribution < 1.29 is 19.1 Å². The summed E-state index contributed by atoms with van der Waals surface area (Å²) in [4.78, 5) is 27.4. The number of nitrogens with one attached hydrogen (secondary N) is 2. The molecule has 0 aromatic heterocycles. The van der Waals surface area contributed by atoms with Crippen molar-refractivity contribution in [2.45, 2.75) is 51.9 Å². The highest BCUT2D eigenvalue weighted by Gasteiger charge is 2.28. The van der Waals surface area contributed by atoms with Crippen molar-refractivity contribution in [3.63, 3.8) is 0 Å². The Balaban J connectivity index is 0.000000211. The topological polar surface area (TPSA) is 83.1 Å². The number of rotatable bonds is 6. The first-order valence-corrected chi connectivity index (χ1v) is 13.6. The quantitative estimate of drug-likeness (QED) is 0.579. The van der Waals surface area contributed by atoms with Gasteiger partial charge in [-0.15, -0.1) is 0 Å². The van der Waals surface area contributed by atoms with Crippen LogP contribution in [0.2, 0.25) is 0 Å². The fourth-order valence-corrected chi connectivity index (χ4v) is 5.04. The summed E-state index contributed by atoms with van der Waals surface area (Å²) in [6, 6.07) is 21.2. The van der Waals surface area contributed by atoms with E-state index in [9.17, 15) is 9.59 Å². The average molecular weight is 525 g/mol. The molecule has 0 radical (unpaired) electrons. The van der Waals surface area contributed by atoms with E-state index in [2.05, 4.69) is 92.3 Å². The lowest BCUT2D eigenvalue weighted by Crippen LogP contribution is -2.51. The number of amides is 2. The van der Waals surface area contributed by atoms with Crippen molar-refractivity contribution in [3.05, 3.63) is 71.8 Å². The van der Waals surface area contributed by atoms with E-state index in [1.807, 2.05) is 12.1 Å². The van der Waals surface area contributed by atoms with E-state index in [4.69, 9.17) is 0 Å². The minimum atomic E-state index is -0.335. The van der Waals surface area contributed by atoms with E-state index < -0.39 is 0 Å². The van der Waals surface area contributed by atoms with Gasteiger partial charge in [-0.25, -0.2) is 9.59 Å². The van der Waals surface area contributed by atoms with Gasteiger partial charge in [-0.1, -0.05) is 74.5 Å². The number of ether oxygens (including phenoxy) is 2. The first-order valence-electron chi connectivity index (χ1n) is 13.6. The molecule has 38 heavy (non-hydrogen) atoms. The number of carbonyl (C=O) groups is 2. The number of hydrogen-bond donors (Lipinski definition) is 2. The first kappa shape index (κ1) is 29.5. The maximum Gasteiger partial charge on any atom is 0.407 e. The van der Waals surface area contributed by atoms with Crippen LogP contribution in [-0.4, -0.2) is 74.5 Å². The van der Waals surface area contributed by atoms with Crippen LogP contribution >= 0.6 is 0 Å². The van der Waals surface area contributed by atoms with E-state index in [0.717, 1.165) is 52.1 Å². The fourth-order valence-electron chi connectivity index (χ4n) is 5.04. The Hall–Kier alpha value is -3.10. The number of benzene rings is 2. The third-order valence-electron chi connectivity index (χ3n) is 7.56. The standard InChI is InChI=1S/2C15H22N2O2/c2*1-12-8-9-17(10-13-6-4-3-5-7-13)11-14(12)16-15(18)19-2/h2*3-7,12,14H,8-11H2,1-2H3,(H,16,18)/t2*12-,14-/m10/s1. The third-order valence-corrected chi connectivity index (χ3v) is 7.56. The third kappa shape index (κ3) is 9.65. The molecule has 2 aliphatic heterocycles. The molecule has 2 N–H and O–H groups in total. The van der Waals surface area contributed by atoms with Crippen LogP contribution < -0.4 is 10.6 Å². The molecule has 4 atom stereocenters. The molecule has 0 bridgehead atoms. The normalized spacial score (nSPS) is 23.9. The van der Waals surface area contributed by atoms with Gasteiger partial charge in [0.15, 0.2) is 0 Å². The van der Waals surface area contributed by atoms with Gasteiger partial charge in [0.25, 0.3) is 0 Å². The predicted octanol–water partition coefficient (Wildman–Crippen LogP) is 4.51. The van der Waals surface area contributed by atoms with E-state index in [1.165, 1.54) is 25.3 Å². The molecule has 2 saturated heterocycles. The van der Waals surface area contributed by atoms with Gasteiger partial charge >= 0.3 is 12.2 Å². The molecule has 2 aliphatic rings. The molecule has 2 heterocycles. The van der Waals surface area contributed by atoms with E-state index >= 15 is 0 Å². The van der Waals surface area contributed by atoms with Gasteiger partial charge in [-0.2, -0.15) is 0 Å². The Bertz CT molecular complexity index is 895. The van der Waals surface area contributed by atoms with E-state index in [-0.39, 0.29) is 24.3 Å². The van der Waals surface area contributed by atoms with Crippen LogP contribution in [-0.2, 0) is 22.6 Å². The highest BCUT2D eigenvalue weighted by atomic mass is 16.5. The van der Waals surface area contributed by atoms with Crippen LogP contribution in [0.1, 0.15) is 37.8 Å². The largest absolute Gasteiger partial charge is 0.453 e. The zero-order chi connectivity index (χ0) is 27.3. The van der Waals surface area contributed by atoms with Gasteiger partial charge in [-0.3, -0.25) is 9.80 Å². The first-order chi connectivity index (χ1) is 18.4. The Morgan fingerprint density at radius 1 is 0.711 bits per heavy atom. The number of piperidine rings is 2. The number of likely N-dealkylation sites (tertiary alicyclic amines) is 2. The van der Waals surface area contributed by atoms with Gasteiger partial charge in [0.05, 0.1) is 14.2 Å². The lowest BCUT2D eigenvalue weighted by atomic mass is 9.93. The number of methoxy groups -OCH3 is 2. The summed E-state index contributed by atoms with van der Waals surface area (Å²) in [6.07, 6.45) is 1.53. The monoisotopic (exact) mass is 524 g/mol. The van der Waals surface area contributed by atoms with Crippen molar-refractivity contribution in [1.29, 1.82) is 0 Å². The molecule has 0 saturated carbocycles. The molecule has 4 rings (SSSR count). The molecule has 208 valence electrons. The molecular weight excluding hydrogens is 480 g/mol. The highest BCUT2D eigenvalue weighted by Crippen LogP contribution is 2.20. The van der Waals surface area contributed by atoms with Crippen LogP contribution in [0.5, 0.6) is 0 Å². The second kappa shape index (κ2) is 15.3. The Morgan fingerprint density at radius 3 is 1.42 bits per heavy atom. The van der Waals surface area contributed by atoms with Crippen LogP contribution in [0.4, 0.5) is 9.59 Å². The summed E-state index contributed by atoms with van der Waals surface area (Å²) in [6.45, 7) is 10.2. The number of hydrogen-bond acceptors (Lipinski definition) is 6. The molecule has 8 heteroatoms. The number of carbonyl (C=O) groups excluding carboxylic acids is 2. The van der Waals surface area contributed by atoms with Crippen molar-refractivity contribution in [2.24, 2.45) is 11.8 Å². The molecule has 2 aromatic rings. The lowest BCUT2D eigenvalue weighted by molar-refractivity contribution is 0.123. The molecule has 2 amide bonds. The SMILES string of the molecule is COC(=O)N[C@@H]1CN(Cc2ccccc2)CC[C@H]1C.COC(=O)N[C@H]1CN(Cc2ccccc2)CC[C@@H]1C. The summed E-state index contributed by atoms with van der Waals surface area (Å²) in [5.41, 5.74) is 2.63. The minimum absolute atomic E-state index is 0.171. The summed E-state index contributed by atoms with van der Waals surface area (Å²) in [5, 5.41) is 5.86. The molecule has 2 fully saturated rings. The van der Waals surface area contributed by atoms with Crippen molar-refractivity contribution in [1.82, 2.24) is 20.4 Å². The molecular formula is C30H44N4O4. The smallest absolute Gasteiger partial charge is 0.407 e. The van der Waals surface area contributed by atoms with Crippen LogP contribution in [0.3, 0.4) is 0 Å². The molecule has 0 unspecified atom stereocenters. The summed E-state index contributed by atoms with van der Waals surface area (Å²) in [5.74, 6) is 0.984. The summed E-state index contributed by atoms with van der Waals surface area (Å²) < 4.78 is 9.37. The zero-order valence-electron chi connectivity index (χ0n) is 23.3. The van der Waals surface area contributed by atoms with Crippen LogP contribution in [0.15, 0.2) is 60.7 Å². The van der Waals surface area contributed by atoms with Crippen molar-refractivity contribution >= 4 is 12.2 Å². The molecule has 2 aromatic carbocycles. The molecule has 8 nitrogen and oxygen atoms in total. The van der Waals surface area contributed by atoms with Gasteiger partial charge in [0.2, 0.25) is 0 Å². The maximum atomic E-state index is 11.3. The summed E-state index contributed by atoms with van der Waals surface area (Å²) >= 11 is 0. The Kier molecular flexibility index (Phi) is 11.9.